The number of hydrogen-bond donors (Lipinski definition) is 1. The molecule has 23 heavy (non-hydrogen) atoms. The molecule has 1 atom stereocenters. The molecule has 0 aliphatic carbocycles. The fourth-order valence-corrected chi connectivity index (χ4v) is 3.05. The van der Waals surface area contributed by atoms with E-state index in [1.165, 1.54) is 5.56 Å². The van der Waals surface area contributed by atoms with Gasteiger partial charge in [0, 0.05) is 12.2 Å². The summed E-state index contributed by atoms with van der Waals surface area (Å²) >= 11 is 0. The van der Waals surface area contributed by atoms with Crippen molar-refractivity contribution in [3.63, 3.8) is 0 Å². The largest absolute Gasteiger partial charge is 0.497 e. The van der Waals surface area contributed by atoms with Crippen LogP contribution in [0.15, 0.2) is 54.6 Å². The molecular formula is C19H22N2O2. The van der Waals surface area contributed by atoms with E-state index in [2.05, 4.69) is 34.5 Å². The van der Waals surface area contributed by atoms with Gasteiger partial charge in [0.05, 0.1) is 13.7 Å². The van der Waals surface area contributed by atoms with Gasteiger partial charge < -0.3 is 10.1 Å². The highest BCUT2D eigenvalue weighted by molar-refractivity contribution is 5.92. The van der Waals surface area contributed by atoms with E-state index in [4.69, 9.17) is 4.74 Å². The Morgan fingerprint density at radius 2 is 1.91 bits per heavy atom. The molecular weight excluding hydrogens is 288 g/mol. The third kappa shape index (κ3) is 4.11. The lowest BCUT2D eigenvalue weighted by Crippen LogP contribution is -2.31. The second kappa shape index (κ2) is 7.29. The average molecular weight is 310 g/mol. The fraction of sp³-hybridized carbons (Fsp3) is 0.316. The van der Waals surface area contributed by atoms with Crippen molar-refractivity contribution in [3.8, 4) is 5.75 Å². The Hall–Kier alpha value is -2.33. The monoisotopic (exact) mass is 310 g/mol. The minimum atomic E-state index is 0.0314. The fourth-order valence-electron chi connectivity index (χ4n) is 3.05. The Balaban J connectivity index is 1.50. The Morgan fingerprint density at radius 3 is 2.61 bits per heavy atom. The highest BCUT2D eigenvalue weighted by Gasteiger charge is 2.24. The van der Waals surface area contributed by atoms with Crippen molar-refractivity contribution in [2.24, 2.45) is 0 Å². The van der Waals surface area contributed by atoms with Crippen molar-refractivity contribution in [2.45, 2.75) is 12.3 Å². The molecule has 1 aliphatic heterocycles. The molecule has 2 aromatic rings. The molecule has 0 bridgehead atoms. The molecule has 0 aromatic heterocycles. The van der Waals surface area contributed by atoms with Crippen molar-refractivity contribution < 1.29 is 9.53 Å². The molecule has 4 nitrogen and oxygen atoms in total. The van der Waals surface area contributed by atoms with Crippen molar-refractivity contribution >= 4 is 11.6 Å². The summed E-state index contributed by atoms with van der Waals surface area (Å²) in [5.74, 6) is 1.35. The number of hydrogen-bond acceptors (Lipinski definition) is 3. The van der Waals surface area contributed by atoms with Gasteiger partial charge in [-0.1, -0.05) is 30.3 Å². The average Bonchev–Trinajstić information content (AvgIpc) is 3.04. The smallest absolute Gasteiger partial charge is 0.238 e. The molecule has 1 saturated heterocycles. The van der Waals surface area contributed by atoms with E-state index >= 15 is 0 Å². The number of rotatable bonds is 5. The first-order chi connectivity index (χ1) is 11.2. The van der Waals surface area contributed by atoms with Gasteiger partial charge in [-0.3, -0.25) is 9.69 Å². The quantitative estimate of drug-likeness (QED) is 0.922. The zero-order valence-corrected chi connectivity index (χ0v) is 13.4. The zero-order chi connectivity index (χ0) is 16.1. The molecule has 0 spiro atoms. The van der Waals surface area contributed by atoms with Crippen LogP contribution in [0.5, 0.6) is 5.75 Å². The summed E-state index contributed by atoms with van der Waals surface area (Å²) < 4.78 is 5.11. The predicted molar refractivity (Wildman–Crippen MR) is 91.9 cm³/mol. The van der Waals surface area contributed by atoms with Crippen LogP contribution in [0.25, 0.3) is 0 Å². The molecule has 1 heterocycles. The second-order valence-corrected chi connectivity index (χ2v) is 5.91. The highest BCUT2D eigenvalue weighted by atomic mass is 16.5. The molecule has 3 rings (SSSR count). The van der Waals surface area contributed by atoms with Gasteiger partial charge in [0.1, 0.15) is 5.75 Å². The minimum Gasteiger partial charge on any atom is -0.497 e. The normalized spacial score (nSPS) is 17.9. The maximum atomic E-state index is 12.2. The number of anilines is 1. The summed E-state index contributed by atoms with van der Waals surface area (Å²) in [6, 6.07) is 17.9. The van der Waals surface area contributed by atoms with Crippen LogP contribution >= 0.6 is 0 Å². The van der Waals surface area contributed by atoms with Crippen molar-refractivity contribution in [1.29, 1.82) is 0 Å². The molecule has 1 unspecified atom stereocenters. The molecule has 120 valence electrons. The van der Waals surface area contributed by atoms with Gasteiger partial charge in [0.2, 0.25) is 5.91 Å². The summed E-state index contributed by atoms with van der Waals surface area (Å²) in [4.78, 5) is 14.4. The van der Waals surface area contributed by atoms with Crippen molar-refractivity contribution in [3.05, 3.63) is 60.2 Å². The number of nitrogens with one attached hydrogen (secondary N) is 1. The SMILES string of the molecule is COc1ccc(NC(=O)CN2CCC(c3ccccc3)C2)cc1. The number of likely N-dealkylation sites (tertiary alicyclic amines) is 1. The van der Waals surface area contributed by atoms with Crippen LogP contribution in [-0.2, 0) is 4.79 Å². The third-order valence-electron chi connectivity index (χ3n) is 4.28. The van der Waals surface area contributed by atoms with Crippen LogP contribution < -0.4 is 10.1 Å². The van der Waals surface area contributed by atoms with Gasteiger partial charge >= 0.3 is 0 Å². The van der Waals surface area contributed by atoms with E-state index in [1.54, 1.807) is 7.11 Å². The molecule has 0 radical (unpaired) electrons. The lowest BCUT2D eigenvalue weighted by atomic mass is 9.99. The van der Waals surface area contributed by atoms with Crippen LogP contribution in [0, 0.1) is 0 Å². The van der Waals surface area contributed by atoms with Gasteiger partial charge in [-0.2, -0.15) is 0 Å². The summed E-state index contributed by atoms with van der Waals surface area (Å²) in [6.45, 7) is 2.35. The van der Waals surface area contributed by atoms with Crippen LogP contribution in [0.1, 0.15) is 17.9 Å². The number of nitrogens with zero attached hydrogens (tertiary/aromatic N) is 1. The van der Waals surface area contributed by atoms with Crippen molar-refractivity contribution in [2.75, 3.05) is 32.1 Å². The van der Waals surface area contributed by atoms with Gasteiger partial charge in [-0.25, -0.2) is 0 Å². The van der Waals surface area contributed by atoms with Gasteiger partial charge in [-0.05, 0) is 48.7 Å². The standard InChI is InChI=1S/C19H22N2O2/c1-23-18-9-7-17(8-10-18)20-19(22)14-21-12-11-16(13-21)15-5-3-2-4-6-15/h2-10,16H,11-14H2,1H3,(H,20,22). The second-order valence-electron chi connectivity index (χ2n) is 5.91. The Morgan fingerprint density at radius 1 is 1.17 bits per heavy atom. The predicted octanol–water partition coefficient (Wildman–Crippen LogP) is 3.12. The first kappa shape index (κ1) is 15.6. The highest BCUT2D eigenvalue weighted by Crippen LogP contribution is 2.26. The zero-order valence-electron chi connectivity index (χ0n) is 13.4. The summed E-state index contributed by atoms with van der Waals surface area (Å²) in [6.07, 6.45) is 1.11. The molecule has 1 N–H and O–H groups in total. The first-order valence-corrected chi connectivity index (χ1v) is 7.96. The van der Waals surface area contributed by atoms with E-state index < -0.39 is 0 Å². The number of ether oxygens (including phenoxy) is 1. The number of methoxy groups -OCH3 is 1. The minimum absolute atomic E-state index is 0.0314. The molecule has 1 amide bonds. The van der Waals surface area contributed by atoms with Gasteiger partial charge in [0.25, 0.3) is 0 Å². The van der Waals surface area contributed by atoms with Crippen LogP contribution in [0.2, 0.25) is 0 Å². The lowest BCUT2D eigenvalue weighted by molar-refractivity contribution is -0.117. The van der Waals surface area contributed by atoms with Crippen LogP contribution in [-0.4, -0.2) is 37.6 Å². The molecule has 1 aliphatic rings. The maximum absolute atomic E-state index is 12.2. The Bertz CT molecular complexity index is 640. The Labute approximate surface area is 137 Å². The van der Waals surface area contributed by atoms with Gasteiger partial charge in [-0.15, -0.1) is 0 Å². The number of benzene rings is 2. The van der Waals surface area contributed by atoms with E-state index in [0.717, 1.165) is 30.9 Å². The Kier molecular flexibility index (Phi) is 4.93. The summed E-state index contributed by atoms with van der Waals surface area (Å²) in [5.41, 5.74) is 2.17. The first-order valence-electron chi connectivity index (χ1n) is 7.96. The molecule has 2 aromatic carbocycles. The van der Waals surface area contributed by atoms with Gasteiger partial charge in [0.15, 0.2) is 0 Å². The molecule has 0 saturated carbocycles. The van der Waals surface area contributed by atoms with E-state index in [1.807, 2.05) is 30.3 Å². The molecule has 1 fully saturated rings. The van der Waals surface area contributed by atoms with Crippen LogP contribution in [0.3, 0.4) is 0 Å². The van der Waals surface area contributed by atoms with E-state index in [9.17, 15) is 4.79 Å². The summed E-state index contributed by atoms with van der Waals surface area (Å²) in [5, 5.41) is 2.94. The van der Waals surface area contributed by atoms with Crippen LogP contribution in [0.4, 0.5) is 5.69 Å². The maximum Gasteiger partial charge on any atom is 0.238 e. The summed E-state index contributed by atoms with van der Waals surface area (Å²) in [7, 11) is 1.63. The van der Waals surface area contributed by atoms with E-state index in [0.29, 0.717) is 12.5 Å². The van der Waals surface area contributed by atoms with Crippen molar-refractivity contribution in [1.82, 2.24) is 4.90 Å². The van der Waals surface area contributed by atoms with E-state index in [-0.39, 0.29) is 5.91 Å². The number of carbonyl (C=O) groups excluding carboxylic acids is 1. The third-order valence-corrected chi connectivity index (χ3v) is 4.28. The topological polar surface area (TPSA) is 41.6 Å². The molecule has 4 heteroatoms. The number of carbonyl (C=O) groups is 1. The lowest BCUT2D eigenvalue weighted by Gasteiger charge is -2.16. The number of amides is 1.